The van der Waals surface area contributed by atoms with Gasteiger partial charge in [0.2, 0.25) is 0 Å². The average molecular weight is 206 g/mol. The summed E-state index contributed by atoms with van der Waals surface area (Å²) in [6.45, 7) is 0. The Morgan fingerprint density at radius 2 is 1.56 bits per heavy atom. The van der Waals surface area contributed by atoms with E-state index in [2.05, 4.69) is 53.8 Å². The van der Waals surface area contributed by atoms with Gasteiger partial charge in [0.25, 0.3) is 0 Å². The molecular formula is C15H12N. The van der Waals surface area contributed by atoms with Crippen LogP contribution < -0.4 is 15.8 Å². The molecule has 1 nitrogen and oxygen atoms in total. The Balaban J connectivity index is 2.03. The number of benzene rings is 2. The molecule has 2 aromatic carbocycles. The van der Waals surface area contributed by atoms with Gasteiger partial charge in [-0.05, 0) is 5.56 Å². The Hall–Kier alpha value is -2.02. The molecule has 1 heterocycles. The maximum absolute atomic E-state index is 4.49. The van der Waals surface area contributed by atoms with Crippen molar-refractivity contribution in [3.05, 3.63) is 70.6 Å². The summed E-state index contributed by atoms with van der Waals surface area (Å²) in [4.78, 5) is 0. The van der Waals surface area contributed by atoms with E-state index in [1.807, 2.05) is 12.3 Å². The van der Waals surface area contributed by atoms with Crippen LogP contribution in [0.1, 0.15) is 5.56 Å². The summed E-state index contributed by atoms with van der Waals surface area (Å²) in [5, 5.41) is 6.99. The molecule has 77 valence electrons. The molecule has 0 atom stereocenters. The van der Waals surface area contributed by atoms with Crippen LogP contribution in [0.5, 0.6) is 0 Å². The molecule has 0 spiro atoms. The summed E-state index contributed by atoms with van der Waals surface area (Å²) in [6.07, 6.45) is 2.86. The first-order valence-corrected chi connectivity index (χ1v) is 5.47. The van der Waals surface area contributed by atoms with Gasteiger partial charge in [-0.15, -0.1) is 0 Å². The van der Waals surface area contributed by atoms with Crippen molar-refractivity contribution in [2.75, 3.05) is 0 Å². The molecule has 0 amide bonds. The quantitative estimate of drug-likeness (QED) is 0.705. The number of nitrogens with zero attached hydrogens (tertiary/aromatic N) is 1. The fourth-order valence-corrected chi connectivity index (χ4v) is 2.02. The van der Waals surface area contributed by atoms with Crippen molar-refractivity contribution in [1.82, 2.24) is 5.32 Å². The first-order chi connectivity index (χ1) is 7.93. The highest BCUT2D eigenvalue weighted by Gasteiger charge is 2.06. The molecule has 1 aliphatic heterocycles. The molecule has 0 aliphatic carbocycles. The van der Waals surface area contributed by atoms with Gasteiger partial charge in [-0.2, -0.15) is 0 Å². The van der Waals surface area contributed by atoms with E-state index in [1.165, 1.54) is 21.7 Å². The summed E-state index contributed by atoms with van der Waals surface area (Å²) in [5.74, 6) is 0. The highest BCUT2D eigenvalue weighted by atomic mass is 14.9. The van der Waals surface area contributed by atoms with Crippen molar-refractivity contribution in [2.45, 2.75) is 6.42 Å². The van der Waals surface area contributed by atoms with E-state index < -0.39 is 0 Å². The smallest absolute Gasteiger partial charge is 0.0526 e. The minimum atomic E-state index is 0.911. The van der Waals surface area contributed by atoms with E-state index in [9.17, 15) is 0 Å². The number of rotatable bonds is 2. The van der Waals surface area contributed by atoms with E-state index in [-0.39, 0.29) is 0 Å². The third-order valence-electron chi connectivity index (χ3n) is 2.85. The van der Waals surface area contributed by atoms with Gasteiger partial charge >= 0.3 is 0 Å². The lowest BCUT2D eigenvalue weighted by atomic mass is 10.1. The zero-order valence-electron chi connectivity index (χ0n) is 8.93. The molecule has 16 heavy (non-hydrogen) atoms. The molecule has 1 aliphatic rings. The minimum absolute atomic E-state index is 0.911. The van der Waals surface area contributed by atoms with Gasteiger partial charge in [-0.1, -0.05) is 54.6 Å². The van der Waals surface area contributed by atoms with E-state index >= 15 is 0 Å². The Labute approximate surface area is 94.7 Å². The highest BCUT2D eigenvalue weighted by Crippen LogP contribution is 2.07. The summed E-state index contributed by atoms with van der Waals surface area (Å²) >= 11 is 0. The maximum atomic E-state index is 4.49. The molecule has 0 unspecified atom stereocenters. The normalized spacial score (nSPS) is 12.9. The Morgan fingerprint density at radius 1 is 0.812 bits per heavy atom. The Morgan fingerprint density at radius 3 is 2.44 bits per heavy atom. The third kappa shape index (κ3) is 1.61. The second-order valence-corrected chi connectivity index (χ2v) is 3.95. The Kier molecular flexibility index (Phi) is 2.22. The van der Waals surface area contributed by atoms with Gasteiger partial charge in [0.1, 0.15) is 0 Å². The predicted octanol–water partition coefficient (Wildman–Crippen LogP) is 1.39. The third-order valence-corrected chi connectivity index (χ3v) is 2.85. The lowest BCUT2D eigenvalue weighted by molar-refractivity contribution is 1.14. The lowest BCUT2D eigenvalue weighted by Crippen LogP contribution is -2.22. The van der Waals surface area contributed by atoms with E-state index in [0.29, 0.717) is 0 Å². The second kappa shape index (κ2) is 3.86. The standard InChI is InChI=1S/C15H12N/c1-2-6-12(7-3-1)10-15-14-9-5-4-8-13(14)11-16-15/h1-9,11H,10H2. The van der Waals surface area contributed by atoms with Crippen molar-refractivity contribution in [3.63, 3.8) is 0 Å². The molecule has 3 rings (SSSR count). The van der Waals surface area contributed by atoms with Crippen LogP contribution in [0, 0.1) is 0 Å². The lowest BCUT2D eigenvalue weighted by Gasteiger charge is -2.01. The summed E-state index contributed by atoms with van der Waals surface area (Å²) < 4.78 is 0. The van der Waals surface area contributed by atoms with Crippen LogP contribution in [-0.4, -0.2) is 0 Å². The van der Waals surface area contributed by atoms with Gasteiger partial charge < -0.3 is 0 Å². The van der Waals surface area contributed by atoms with Crippen molar-refractivity contribution in [3.8, 4) is 0 Å². The van der Waals surface area contributed by atoms with Crippen molar-refractivity contribution in [2.24, 2.45) is 0 Å². The summed E-state index contributed by atoms with van der Waals surface area (Å²) in [7, 11) is 0. The van der Waals surface area contributed by atoms with Crippen molar-refractivity contribution >= 4 is 11.9 Å². The van der Waals surface area contributed by atoms with Crippen LogP contribution in [-0.2, 0) is 6.42 Å². The fraction of sp³-hybridized carbons (Fsp3) is 0.0667. The second-order valence-electron chi connectivity index (χ2n) is 3.95. The summed E-state index contributed by atoms with van der Waals surface area (Å²) in [6, 6.07) is 18.8. The molecule has 0 saturated heterocycles. The number of hydrogen-bond donors (Lipinski definition) is 0. The molecule has 1 radical (unpaired) electrons. The van der Waals surface area contributed by atoms with Crippen molar-refractivity contribution < 1.29 is 0 Å². The largest absolute Gasteiger partial charge is 0.260 e. The van der Waals surface area contributed by atoms with Gasteiger partial charge in [0.05, 0.1) is 5.70 Å². The minimum Gasteiger partial charge on any atom is -0.260 e. The van der Waals surface area contributed by atoms with Gasteiger partial charge in [-0.3, -0.25) is 5.32 Å². The van der Waals surface area contributed by atoms with Gasteiger partial charge in [0.15, 0.2) is 0 Å². The summed E-state index contributed by atoms with van der Waals surface area (Å²) in [5.41, 5.74) is 2.48. The first-order valence-electron chi connectivity index (χ1n) is 5.47. The molecular weight excluding hydrogens is 194 g/mol. The van der Waals surface area contributed by atoms with Crippen LogP contribution in [0.15, 0.2) is 54.6 Å². The predicted molar refractivity (Wildman–Crippen MR) is 65.8 cm³/mol. The number of hydrogen-bond acceptors (Lipinski definition) is 0. The highest BCUT2D eigenvalue weighted by molar-refractivity contribution is 5.57. The van der Waals surface area contributed by atoms with E-state index in [4.69, 9.17) is 0 Å². The van der Waals surface area contributed by atoms with Crippen LogP contribution >= 0.6 is 0 Å². The zero-order chi connectivity index (χ0) is 10.8. The molecule has 0 N–H and O–H groups in total. The molecule has 0 saturated carbocycles. The average Bonchev–Trinajstić information content (AvgIpc) is 2.74. The first kappa shape index (κ1) is 9.22. The fourth-order valence-electron chi connectivity index (χ4n) is 2.02. The maximum Gasteiger partial charge on any atom is 0.0526 e. The number of fused-ring (bicyclic) bond motifs is 1. The Bertz CT molecular complexity index is 611. The van der Waals surface area contributed by atoms with E-state index in [0.717, 1.165) is 6.42 Å². The molecule has 0 fully saturated rings. The van der Waals surface area contributed by atoms with E-state index in [1.54, 1.807) is 0 Å². The van der Waals surface area contributed by atoms with Gasteiger partial charge in [0, 0.05) is 23.1 Å². The van der Waals surface area contributed by atoms with Crippen LogP contribution in [0.4, 0.5) is 0 Å². The molecule has 2 aromatic rings. The van der Waals surface area contributed by atoms with Crippen LogP contribution in [0.3, 0.4) is 0 Å². The SMILES string of the molecule is C1=c2ccccc2=C(Cc2ccccc2)[N]1. The van der Waals surface area contributed by atoms with Crippen LogP contribution in [0.25, 0.3) is 11.9 Å². The molecule has 1 heteroatoms. The topological polar surface area (TPSA) is 14.1 Å². The van der Waals surface area contributed by atoms with Gasteiger partial charge in [-0.25, -0.2) is 0 Å². The molecule has 0 aromatic heterocycles. The van der Waals surface area contributed by atoms with Crippen molar-refractivity contribution in [1.29, 1.82) is 0 Å². The zero-order valence-corrected chi connectivity index (χ0v) is 8.93. The molecule has 0 bridgehead atoms. The van der Waals surface area contributed by atoms with Crippen LogP contribution in [0.2, 0.25) is 0 Å². The monoisotopic (exact) mass is 206 g/mol.